The Kier molecular flexibility index (Phi) is 6.88. The summed E-state index contributed by atoms with van der Waals surface area (Å²) >= 11 is 12.7. The maximum atomic E-state index is 13.5. The second-order valence-electron chi connectivity index (χ2n) is 7.54. The number of halogens is 2. The molecule has 3 aromatic rings. The fourth-order valence-corrected chi connectivity index (χ4v) is 4.23. The van der Waals surface area contributed by atoms with E-state index in [0.29, 0.717) is 62.9 Å². The number of carbonyl (C=O) groups is 1. The molecule has 4 rings (SSSR count). The van der Waals surface area contributed by atoms with E-state index in [1.807, 2.05) is 6.92 Å². The Morgan fingerprint density at radius 3 is 2.67 bits per heavy atom. The average molecular weight is 488 g/mol. The third-order valence-electron chi connectivity index (χ3n) is 5.30. The first-order valence-corrected chi connectivity index (χ1v) is 11.1. The molecule has 1 unspecified atom stereocenters. The zero-order valence-electron chi connectivity index (χ0n) is 18.1. The van der Waals surface area contributed by atoms with Crippen LogP contribution < -0.4 is 15.4 Å². The van der Waals surface area contributed by atoms with Crippen molar-refractivity contribution < 1.29 is 14.6 Å². The van der Waals surface area contributed by atoms with Gasteiger partial charge in [0.15, 0.2) is 5.82 Å². The molecule has 2 aromatic carbocycles. The molecule has 0 bridgehead atoms. The van der Waals surface area contributed by atoms with Crippen molar-refractivity contribution >= 4 is 40.7 Å². The van der Waals surface area contributed by atoms with Gasteiger partial charge in [-0.2, -0.15) is 10.1 Å². The number of carbonyl (C=O) groups excluding carboxylic acids is 1. The van der Waals surface area contributed by atoms with Crippen LogP contribution in [0.1, 0.15) is 30.8 Å². The molecule has 1 atom stereocenters. The van der Waals surface area contributed by atoms with Crippen LogP contribution in [0.15, 0.2) is 53.7 Å². The number of methoxy groups -OCH3 is 1. The summed E-state index contributed by atoms with van der Waals surface area (Å²) in [5.41, 5.74) is 2.36. The summed E-state index contributed by atoms with van der Waals surface area (Å²) < 4.78 is 6.83. The van der Waals surface area contributed by atoms with Crippen LogP contribution >= 0.6 is 23.2 Å². The number of aliphatic hydroxyl groups excluding tert-OH is 1. The Balaban J connectivity index is 1.75. The van der Waals surface area contributed by atoms with E-state index in [4.69, 9.17) is 27.9 Å². The predicted octanol–water partition coefficient (Wildman–Crippen LogP) is 4.45. The van der Waals surface area contributed by atoms with Crippen LogP contribution in [0.3, 0.4) is 0 Å². The molecule has 1 amide bonds. The van der Waals surface area contributed by atoms with E-state index in [1.165, 1.54) is 0 Å². The lowest BCUT2D eigenvalue weighted by atomic mass is 9.95. The van der Waals surface area contributed by atoms with E-state index in [0.717, 1.165) is 0 Å². The first-order valence-electron chi connectivity index (χ1n) is 10.4. The number of anilines is 2. The number of fused-ring (bicyclic) bond motifs is 1. The van der Waals surface area contributed by atoms with E-state index in [2.05, 4.69) is 20.7 Å². The largest absolute Gasteiger partial charge is 0.497 e. The first kappa shape index (κ1) is 23.1. The molecular formula is C23H23Cl2N5O3. The van der Waals surface area contributed by atoms with Crippen molar-refractivity contribution in [3.8, 4) is 5.75 Å². The lowest BCUT2D eigenvalue weighted by Crippen LogP contribution is -2.31. The third kappa shape index (κ3) is 4.83. The average Bonchev–Trinajstić information content (AvgIpc) is 3.20. The van der Waals surface area contributed by atoms with E-state index >= 15 is 0 Å². The number of allylic oxidation sites excluding steroid dienone is 1. The lowest BCUT2D eigenvalue weighted by molar-refractivity contribution is -0.113. The Morgan fingerprint density at radius 1 is 1.24 bits per heavy atom. The Bertz CT molecular complexity index is 1210. The van der Waals surface area contributed by atoms with Gasteiger partial charge < -0.3 is 20.5 Å². The lowest BCUT2D eigenvalue weighted by Gasteiger charge is -2.29. The highest BCUT2D eigenvalue weighted by molar-refractivity contribution is 6.35. The zero-order chi connectivity index (χ0) is 23.5. The van der Waals surface area contributed by atoms with Crippen LogP contribution in [-0.2, 0) is 11.2 Å². The standard InChI is InChI=1S/C23H23Cl2N5O3/c1-13-20(22(32)27-15-6-8-16(33-2)9-7-15)21(17-10-5-14(24)12-18(17)25)30-23(26-13)28-19(29-30)4-3-11-31/h5-10,12,21,31H,3-4,11H2,1-2H3,(H,27,32)(H,26,28,29). The number of benzene rings is 2. The number of nitrogens with zero attached hydrogens (tertiary/aromatic N) is 3. The minimum absolute atomic E-state index is 0.0382. The number of ether oxygens (including phenoxy) is 1. The molecule has 0 fully saturated rings. The number of hydrogen-bond acceptors (Lipinski definition) is 6. The molecule has 0 aliphatic carbocycles. The number of aliphatic hydroxyl groups is 1. The molecule has 10 heteroatoms. The van der Waals surface area contributed by atoms with E-state index in [-0.39, 0.29) is 12.5 Å². The Morgan fingerprint density at radius 2 is 2.00 bits per heavy atom. The van der Waals surface area contributed by atoms with Crippen molar-refractivity contribution in [2.75, 3.05) is 24.4 Å². The van der Waals surface area contributed by atoms with Crippen molar-refractivity contribution in [2.24, 2.45) is 0 Å². The van der Waals surface area contributed by atoms with Crippen molar-refractivity contribution in [3.05, 3.63) is 75.2 Å². The topological polar surface area (TPSA) is 101 Å². The molecule has 1 aliphatic heterocycles. The number of nitrogens with one attached hydrogen (secondary N) is 2. The minimum Gasteiger partial charge on any atom is -0.497 e. The molecule has 2 heterocycles. The summed E-state index contributed by atoms with van der Waals surface area (Å²) in [6.45, 7) is 1.85. The summed E-state index contributed by atoms with van der Waals surface area (Å²) in [7, 11) is 1.58. The van der Waals surface area contributed by atoms with Crippen LogP contribution in [0.25, 0.3) is 0 Å². The highest BCUT2D eigenvalue weighted by Gasteiger charge is 2.35. The molecule has 0 radical (unpaired) electrons. The summed E-state index contributed by atoms with van der Waals surface area (Å²) in [5.74, 6) is 1.44. The van der Waals surface area contributed by atoms with Gasteiger partial charge >= 0.3 is 0 Å². The molecular weight excluding hydrogens is 465 g/mol. The van der Waals surface area contributed by atoms with Gasteiger partial charge in [0, 0.05) is 40.0 Å². The van der Waals surface area contributed by atoms with Crippen LogP contribution in [0.4, 0.5) is 11.6 Å². The van der Waals surface area contributed by atoms with E-state index < -0.39 is 6.04 Å². The van der Waals surface area contributed by atoms with Gasteiger partial charge in [0.25, 0.3) is 5.91 Å². The van der Waals surface area contributed by atoms with E-state index in [9.17, 15) is 9.90 Å². The maximum absolute atomic E-state index is 13.5. The Labute approximate surface area is 201 Å². The normalized spacial score (nSPS) is 15.1. The monoisotopic (exact) mass is 487 g/mol. The summed E-state index contributed by atoms with van der Waals surface area (Å²) in [5, 5.41) is 20.8. The summed E-state index contributed by atoms with van der Waals surface area (Å²) in [6, 6.07) is 11.6. The maximum Gasteiger partial charge on any atom is 0.255 e. The smallest absolute Gasteiger partial charge is 0.255 e. The second kappa shape index (κ2) is 9.82. The van der Waals surface area contributed by atoms with Crippen LogP contribution in [0.2, 0.25) is 10.0 Å². The second-order valence-corrected chi connectivity index (χ2v) is 8.38. The van der Waals surface area contributed by atoms with Gasteiger partial charge in [0.2, 0.25) is 5.95 Å². The van der Waals surface area contributed by atoms with Gasteiger partial charge in [0.1, 0.15) is 11.8 Å². The van der Waals surface area contributed by atoms with Crippen molar-refractivity contribution in [1.29, 1.82) is 0 Å². The molecule has 1 aromatic heterocycles. The van der Waals surface area contributed by atoms with Crippen molar-refractivity contribution in [2.45, 2.75) is 25.8 Å². The van der Waals surface area contributed by atoms with Gasteiger partial charge in [-0.3, -0.25) is 4.79 Å². The molecule has 33 heavy (non-hydrogen) atoms. The molecule has 1 aliphatic rings. The Hall–Kier alpha value is -3.07. The number of hydrogen-bond donors (Lipinski definition) is 3. The van der Waals surface area contributed by atoms with Gasteiger partial charge in [0.05, 0.1) is 12.7 Å². The van der Waals surface area contributed by atoms with Crippen LogP contribution in [-0.4, -0.2) is 39.5 Å². The highest BCUT2D eigenvalue weighted by atomic mass is 35.5. The number of aryl methyl sites for hydroxylation is 1. The highest BCUT2D eigenvalue weighted by Crippen LogP contribution is 2.39. The van der Waals surface area contributed by atoms with Gasteiger partial charge in [-0.05, 0) is 49.7 Å². The van der Waals surface area contributed by atoms with Gasteiger partial charge in [-0.25, -0.2) is 4.68 Å². The predicted molar refractivity (Wildman–Crippen MR) is 128 cm³/mol. The number of rotatable bonds is 7. The van der Waals surface area contributed by atoms with Crippen LogP contribution in [0.5, 0.6) is 5.75 Å². The van der Waals surface area contributed by atoms with Crippen molar-refractivity contribution in [3.63, 3.8) is 0 Å². The minimum atomic E-state index is -0.625. The third-order valence-corrected chi connectivity index (χ3v) is 5.87. The summed E-state index contributed by atoms with van der Waals surface area (Å²) in [6.07, 6.45) is 1.04. The zero-order valence-corrected chi connectivity index (χ0v) is 19.6. The van der Waals surface area contributed by atoms with E-state index in [1.54, 1.807) is 54.3 Å². The fourth-order valence-electron chi connectivity index (χ4n) is 3.72. The molecule has 0 saturated carbocycles. The van der Waals surface area contributed by atoms with Gasteiger partial charge in [-0.15, -0.1) is 0 Å². The quantitative estimate of drug-likeness (QED) is 0.455. The molecule has 8 nitrogen and oxygen atoms in total. The SMILES string of the molecule is COc1ccc(NC(=O)C2=C(C)Nc3nc(CCCO)nn3C2c2ccc(Cl)cc2Cl)cc1. The number of amides is 1. The number of aromatic nitrogens is 3. The molecule has 172 valence electrons. The molecule has 0 spiro atoms. The van der Waals surface area contributed by atoms with Crippen LogP contribution in [0, 0.1) is 0 Å². The van der Waals surface area contributed by atoms with Crippen molar-refractivity contribution in [1.82, 2.24) is 14.8 Å². The summed E-state index contributed by atoms with van der Waals surface area (Å²) in [4.78, 5) is 18.0. The van der Waals surface area contributed by atoms with Gasteiger partial charge in [-0.1, -0.05) is 29.3 Å². The molecule has 0 saturated heterocycles. The first-order chi connectivity index (χ1) is 15.9. The fraction of sp³-hybridized carbons (Fsp3) is 0.261. The molecule has 3 N–H and O–H groups in total.